The van der Waals surface area contributed by atoms with Crippen LogP contribution in [0.3, 0.4) is 0 Å². The Hall–Kier alpha value is -2.14. The molecule has 0 aliphatic carbocycles. The van der Waals surface area contributed by atoms with Gasteiger partial charge in [-0.15, -0.1) is 0 Å². The highest BCUT2D eigenvalue weighted by atomic mass is 16.5. The first-order valence-electron chi connectivity index (χ1n) is 7.49. The van der Waals surface area contributed by atoms with E-state index in [1.54, 1.807) is 0 Å². The van der Waals surface area contributed by atoms with E-state index in [4.69, 9.17) is 10.1 Å². The van der Waals surface area contributed by atoms with Crippen LogP contribution >= 0.6 is 0 Å². The van der Waals surface area contributed by atoms with Crippen molar-refractivity contribution in [3.05, 3.63) is 48.0 Å². The minimum Gasteiger partial charge on any atom is -0.473 e. The lowest BCUT2D eigenvalue weighted by molar-refractivity contribution is 0.213. The van der Waals surface area contributed by atoms with Gasteiger partial charge in [0, 0.05) is 31.8 Å². The summed E-state index contributed by atoms with van der Waals surface area (Å²) in [5.41, 5.74) is 1.80. The van der Waals surface area contributed by atoms with E-state index in [1.165, 1.54) is 0 Å². The Bertz CT molecular complexity index is 545. The Labute approximate surface area is 132 Å². The summed E-state index contributed by atoms with van der Waals surface area (Å²) in [7, 11) is 2.09. The fraction of sp³-hybridized carbons (Fsp3) is 0.412. The zero-order chi connectivity index (χ0) is 15.9. The topological polar surface area (TPSA) is 51.9 Å². The highest BCUT2D eigenvalue weighted by Crippen LogP contribution is 2.07. The van der Waals surface area contributed by atoms with Gasteiger partial charge in [-0.1, -0.05) is 36.9 Å². The van der Waals surface area contributed by atoms with E-state index in [-0.39, 0.29) is 5.96 Å². The predicted molar refractivity (Wildman–Crippen MR) is 90.3 cm³/mol. The summed E-state index contributed by atoms with van der Waals surface area (Å²) in [6, 6.07) is 9.93. The van der Waals surface area contributed by atoms with Crippen molar-refractivity contribution in [1.29, 1.82) is 5.41 Å². The third kappa shape index (κ3) is 4.70. The molecule has 0 bridgehead atoms. The van der Waals surface area contributed by atoms with E-state index < -0.39 is 0 Å². The molecule has 118 valence electrons. The molecule has 0 spiro atoms. The number of nitrogens with zero attached hydrogens (tertiary/aromatic N) is 3. The van der Waals surface area contributed by atoms with Gasteiger partial charge in [0.15, 0.2) is 0 Å². The molecule has 0 amide bonds. The first-order valence-corrected chi connectivity index (χ1v) is 7.49. The van der Waals surface area contributed by atoms with Crippen LogP contribution in [0.15, 0.2) is 47.5 Å². The third-order valence-electron chi connectivity index (χ3n) is 3.59. The van der Waals surface area contributed by atoms with Crippen LogP contribution < -0.4 is 0 Å². The standard InChI is InChI=1S/C17H24N4O/c1-14(2)16(22-13-15-7-5-4-6-8-15)19-17(18)21-11-9-20(3)10-12-21/h4-8,18H,1,9-13H2,2-3H3. The molecule has 0 atom stereocenters. The molecule has 1 aromatic carbocycles. The summed E-state index contributed by atoms with van der Waals surface area (Å²) >= 11 is 0. The van der Waals surface area contributed by atoms with Gasteiger partial charge in [-0.2, -0.15) is 4.99 Å². The second kappa shape index (κ2) is 7.75. The molecule has 1 heterocycles. The van der Waals surface area contributed by atoms with Crippen molar-refractivity contribution in [1.82, 2.24) is 9.80 Å². The van der Waals surface area contributed by atoms with Crippen molar-refractivity contribution < 1.29 is 4.74 Å². The SMILES string of the molecule is C=C(C)C(=NC(=N)N1CCN(C)CC1)OCc1ccccc1. The Morgan fingerprint density at radius 3 is 2.45 bits per heavy atom. The first kappa shape index (κ1) is 16.2. The van der Waals surface area contributed by atoms with Gasteiger partial charge in [-0.3, -0.25) is 5.41 Å². The zero-order valence-corrected chi connectivity index (χ0v) is 13.4. The largest absolute Gasteiger partial charge is 0.473 e. The molecule has 0 aromatic heterocycles. The summed E-state index contributed by atoms with van der Waals surface area (Å²) in [6.45, 7) is 9.72. The van der Waals surface area contributed by atoms with Crippen LogP contribution in [0.25, 0.3) is 0 Å². The maximum atomic E-state index is 8.15. The number of likely N-dealkylation sites (N-methyl/N-ethyl adjacent to an activating group) is 1. The highest BCUT2D eigenvalue weighted by Gasteiger charge is 2.17. The lowest BCUT2D eigenvalue weighted by Gasteiger charge is -2.32. The second-order valence-corrected chi connectivity index (χ2v) is 5.59. The lowest BCUT2D eigenvalue weighted by atomic mass is 10.2. The van der Waals surface area contributed by atoms with Crippen molar-refractivity contribution in [3.63, 3.8) is 0 Å². The van der Waals surface area contributed by atoms with Crippen LogP contribution in [-0.2, 0) is 11.3 Å². The van der Waals surface area contributed by atoms with Gasteiger partial charge >= 0.3 is 0 Å². The smallest absolute Gasteiger partial charge is 0.221 e. The van der Waals surface area contributed by atoms with E-state index in [0.717, 1.165) is 37.3 Å². The maximum absolute atomic E-state index is 8.15. The fourth-order valence-corrected chi connectivity index (χ4v) is 2.16. The Kier molecular flexibility index (Phi) is 5.72. The van der Waals surface area contributed by atoms with Crippen LogP contribution in [0, 0.1) is 5.41 Å². The number of ether oxygens (including phenoxy) is 1. The Morgan fingerprint density at radius 2 is 1.86 bits per heavy atom. The highest BCUT2D eigenvalue weighted by molar-refractivity contribution is 6.00. The molecule has 0 radical (unpaired) electrons. The maximum Gasteiger partial charge on any atom is 0.221 e. The summed E-state index contributed by atoms with van der Waals surface area (Å²) in [4.78, 5) is 8.54. The number of guanidine groups is 1. The number of piperazine rings is 1. The minimum atomic E-state index is 0.249. The van der Waals surface area contributed by atoms with Crippen molar-refractivity contribution in [2.24, 2.45) is 4.99 Å². The van der Waals surface area contributed by atoms with Crippen LogP contribution in [0.5, 0.6) is 0 Å². The van der Waals surface area contributed by atoms with Gasteiger partial charge in [-0.25, -0.2) is 0 Å². The van der Waals surface area contributed by atoms with Crippen molar-refractivity contribution in [2.45, 2.75) is 13.5 Å². The lowest BCUT2D eigenvalue weighted by Crippen LogP contribution is -2.46. The predicted octanol–water partition coefficient (Wildman–Crippen LogP) is 2.36. The number of rotatable bonds is 3. The normalized spacial score (nSPS) is 16.5. The molecular weight excluding hydrogens is 276 g/mol. The monoisotopic (exact) mass is 300 g/mol. The van der Waals surface area contributed by atoms with Gasteiger partial charge in [0.25, 0.3) is 0 Å². The van der Waals surface area contributed by atoms with E-state index in [9.17, 15) is 0 Å². The van der Waals surface area contributed by atoms with E-state index in [2.05, 4.69) is 23.5 Å². The number of benzene rings is 1. The third-order valence-corrected chi connectivity index (χ3v) is 3.59. The average molecular weight is 300 g/mol. The summed E-state index contributed by atoms with van der Waals surface area (Å²) in [5.74, 6) is 0.687. The van der Waals surface area contributed by atoms with Crippen molar-refractivity contribution >= 4 is 11.9 Å². The molecule has 1 saturated heterocycles. The fourth-order valence-electron chi connectivity index (χ4n) is 2.16. The van der Waals surface area contributed by atoms with Crippen LogP contribution in [-0.4, -0.2) is 54.9 Å². The quantitative estimate of drug-likeness (QED) is 0.689. The zero-order valence-electron chi connectivity index (χ0n) is 13.4. The Morgan fingerprint density at radius 1 is 1.23 bits per heavy atom. The Balaban J connectivity index is 1.97. The van der Waals surface area contributed by atoms with Crippen LogP contribution in [0.2, 0.25) is 0 Å². The van der Waals surface area contributed by atoms with Crippen molar-refractivity contribution in [3.8, 4) is 0 Å². The molecule has 1 fully saturated rings. The molecule has 2 rings (SSSR count). The second-order valence-electron chi connectivity index (χ2n) is 5.59. The number of nitrogens with one attached hydrogen (secondary N) is 1. The van der Waals surface area contributed by atoms with Gasteiger partial charge in [0.1, 0.15) is 6.61 Å². The molecular formula is C17H24N4O. The van der Waals surface area contributed by atoms with Gasteiger partial charge < -0.3 is 14.5 Å². The van der Waals surface area contributed by atoms with Crippen molar-refractivity contribution in [2.75, 3.05) is 33.2 Å². The first-order chi connectivity index (χ1) is 10.6. The van der Waals surface area contributed by atoms with Gasteiger partial charge in [-0.05, 0) is 19.5 Å². The molecule has 0 saturated carbocycles. The van der Waals surface area contributed by atoms with Gasteiger partial charge in [0.2, 0.25) is 11.9 Å². The molecule has 22 heavy (non-hydrogen) atoms. The molecule has 1 aromatic rings. The minimum absolute atomic E-state index is 0.249. The number of hydrogen-bond acceptors (Lipinski definition) is 3. The molecule has 0 unspecified atom stereocenters. The molecule has 5 heteroatoms. The van der Waals surface area contributed by atoms with Crippen LogP contribution in [0.1, 0.15) is 12.5 Å². The summed E-state index contributed by atoms with van der Waals surface area (Å²) < 4.78 is 5.74. The van der Waals surface area contributed by atoms with E-state index >= 15 is 0 Å². The van der Waals surface area contributed by atoms with Crippen LogP contribution in [0.4, 0.5) is 0 Å². The van der Waals surface area contributed by atoms with E-state index in [1.807, 2.05) is 42.2 Å². The average Bonchev–Trinajstić information content (AvgIpc) is 2.52. The number of hydrogen-bond donors (Lipinski definition) is 1. The summed E-state index contributed by atoms with van der Waals surface area (Å²) in [5, 5.41) is 8.15. The molecule has 1 aliphatic heterocycles. The number of aliphatic imine (C=N–C) groups is 1. The van der Waals surface area contributed by atoms with Gasteiger partial charge in [0.05, 0.1) is 0 Å². The summed E-state index contributed by atoms with van der Waals surface area (Å²) in [6.07, 6.45) is 0. The molecule has 5 nitrogen and oxygen atoms in total. The molecule has 1 N–H and O–H groups in total. The molecule has 1 aliphatic rings. The van der Waals surface area contributed by atoms with E-state index in [0.29, 0.717) is 12.5 Å².